The van der Waals surface area contributed by atoms with E-state index in [1.807, 2.05) is 6.07 Å². The zero-order valence-electron chi connectivity index (χ0n) is 16.7. The van der Waals surface area contributed by atoms with E-state index in [0.717, 1.165) is 16.7 Å². The van der Waals surface area contributed by atoms with Crippen molar-refractivity contribution in [1.82, 2.24) is 15.5 Å². The van der Waals surface area contributed by atoms with E-state index < -0.39 is 11.9 Å². The second-order valence-corrected chi connectivity index (χ2v) is 7.55. The maximum absolute atomic E-state index is 12.7. The number of urea groups is 1. The molecule has 1 unspecified atom stereocenters. The predicted molar refractivity (Wildman–Crippen MR) is 111 cm³/mol. The molecule has 2 heterocycles. The summed E-state index contributed by atoms with van der Waals surface area (Å²) >= 11 is 0. The molecule has 2 aromatic rings. The fraction of sp³-hybridized carbons (Fsp3) is 0.273. The first-order valence-corrected chi connectivity index (χ1v) is 9.95. The number of carbonyl (C=O) groups excluding carboxylic acids is 4. The predicted octanol–water partition coefficient (Wildman–Crippen LogP) is 1.26. The molecule has 9 heteroatoms. The van der Waals surface area contributed by atoms with Gasteiger partial charge < -0.3 is 20.6 Å². The summed E-state index contributed by atoms with van der Waals surface area (Å²) in [5.74, 6) is -0.988. The van der Waals surface area contributed by atoms with Gasteiger partial charge in [-0.15, -0.1) is 0 Å². The molecule has 9 nitrogen and oxygen atoms in total. The van der Waals surface area contributed by atoms with Crippen molar-refractivity contribution in [3.63, 3.8) is 0 Å². The van der Waals surface area contributed by atoms with E-state index in [1.165, 1.54) is 4.90 Å². The Morgan fingerprint density at radius 1 is 1.10 bits per heavy atom. The lowest BCUT2D eigenvalue weighted by Crippen LogP contribution is -2.52. The Hall–Kier alpha value is -3.72. The van der Waals surface area contributed by atoms with E-state index in [0.29, 0.717) is 17.7 Å². The van der Waals surface area contributed by atoms with Gasteiger partial charge in [0, 0.05) is 30.8 Å². The molecule has 0 aliphatic carbocycles. The van der Waals surface area contributed by atoms with Crippen molar-refractivity contribution < 1.29 is 24.3 Å². The Labute approximate surface area is 178 Å². The van der Waals surface area contributed by atoms with Crippen LogP contribution in [-0.2, 0) is 29.3 Å². The Balaban J connectivity index is 1.36. The van der Waals surface area contributed by atoms with E-state index >= 15 is 0 Å². The minimum absolute atomic E-state index is 0.0612. The van der Waals surface area contributed by atoms with Gasteiger partial charge in [0.15, 0.2) is 0 Å². The normalized spacial score (nSPS) is 17.9. The zero-order chi connectivity index (χ0) is 22.0. The summed E-state index contributed by atoms with van der Waals surface area (Å²) < 4.78 is 0. The smallest absolute Gasteiger partial charge is 0.319 e. The summed E-state index contributed by atoms with van der Waals surface area (Å²) in [6, 6.07) is 11.1. The Kier molecular flexibility index (Phi) is 5.68. The third kappa shape index (κ3) is 4.41. The van der Waals surface area contributed by atoms with Gasteiger partial charge in [-0.2, -0.15) is 0 Å². The number of amides is 5. The maximum atomic E-state index is 12.7. The molecular formula is C22H22N4O5. The van der Waals surface area contributed by atoms with Crippen LogP contribution in [0.1, 0.15) is 39.9 Å². The second-order valence-electron chi connectivity index (χ2n) is 7.55. The highest BCUT2D eigenvalue weighted by atomic mass is 16.3. The van der Waals surface area contributed by atoms with Gasteiger partial charge in [0.25, 0.3) is 5.91 Å². The molecule has 160 valence electrons. The fourth-order valence-electron chi connectivity index (χ4n) is 3.79. The molecule has 0 radical (unpaired) electrons. The van der Waals surface area contributed by atoms with Gasteiger partial charge in [-0.1, -0.05) is 24.3 Å². The number of piperidine rings is 1. The molecule has 1 saturated heterocycles. The number of hydrogen-bond acceptors (Lipinski definition) is 5. The molecule has 4 N–H and O–H groups in total. The van der Waals surface area contributed by atoms with Crippen LogP contribution in [0, 0.1) is 0 Å². The van der Waals surface area contributed by atoms with Crippen LogP contribution in [0.15, 0.2) is 42.5 Å². The lowest BCUT2D eigenvalue weighted by Gasteiger charge is -2.29. The van der Waals surface area contributed by atoms with Crippen LogP contribution in [0.25, 0.3) is 0 Å². The quantitative estimate of drug-likeness (QED) is 0.540. The van der Waals surface area contributed by atoms with Crippen molar-refractivity contribution in [2.75, 3.05) is 5.32 Å². The first-order valence-electron chi connectivity index (χ1n) is 9.95. The number of anilines is 1. The highest BCUT2D eigenvalue weighted by Crippen LogP contribution is 2.28. The van der Waals surface area contributed by atoms with Crippen molar-refractivity contribution in [3.05, 3.63) is 64.7 Å². The molecule has 2 aromatic carbocycles. The molecule has 4 rings (SSSR count). The molecule has 5 amide bonds. The number of aliphatic hydroxyl groups excluding tert-OH is 1. The molecular weight excluding hydrogens is 400 g/mol. The van der Waals surface area contributed by atoms with Gasteiger partial charge in [0.1, 0.15) is 6.04 Å². The van der Waals surface area contributed by atoms with E-state index in [2.05, 4.69) is 16.0 Å². The summed E-state index contributed by atoms with van der Waals surface area (Å²) in [7, 11) is 0. The van der Waals surface area contributed by atoms with Gasteiger partial charge in [-0.3, -0.25) is 19.7 Å². The number of fused-ring (bicyclic) bond motifs is 1. The third-order valence-corrected chi connectivity index (χ3v) is 5.44. The standard InChI is InChI=1S/C22H22N4O5/c27-12-13-1-4-16(5-2-13)24-22(31)23-10-14-3-6-17-15(9-14)11-26(21(17)30)18-7-8-19(28)25-20(18)29/h1-6,9,18,27H,7-8,10-12H2,(H2,23,24,31)(H,25,28,29). The Morgan fingerprint density at radius 2 is 1.84 bits per heavy atom. The summed E-state index contributed by atoms with van der Waals surface area (Å²) in [6.45, 7) is 0.492. The van der Waals surface area contributed by atoms with Crippen LogP contribution in [0.5, 0.6) is 0 Å². The number of imide groups is 1. The Morgan fingerprint density at radius 3 is 2.55 bits per heavy atom. The van der Waals surface area contributed by atoms with Crippen molar-refractivity contribution >= 4 is 29.4 Å². The second kappa shape index (κ2) is 8.57. The van der Waals surface area contributed by atoms with Gasteiger partial charge in [-0.25, -0.2) is 4.79 Å². The average Bonchev–Trinajstić information content (AvgIpc) is 3.08. The van der Waals surface area contributed by atoms with Crippen LogP contribution >= 0.6 is 0 Å². The molecule has 2 aliphatic rings. The summed E-state index contributed by atoms with van der Waals surface area (Å²) in [4.78, 5) is 49.8. The highest BCUT2D eigenvalue weighted by molar-refractivity contribution is 6.05. The molecule has 0 bridgehead atoms. The molecule has 0 saturated carbocycles. The van der Waals surface area contributed by atoms with E-state index in [4.69, 9.17) is 5.11 Å². The van der Waals surface area contributed by atoms with Crippen LogP contribution in [0.4, 0.5) is 10.5 Å². The highest BCUT2D eigenvalue weighted by Gasteiger charge is 2.39. The lowest BCUT2D eigenvalue weighted by molar-refractivity contribution is -0.136. The third-order valence-electron chi connectivity index (χ3n) is 5.44. The molecule has 1 fully saturated rings. The van der Waals surface area contributed by atoms with E-state index in [-0.39, 0.29) is 44.0 Å². The topological polar surface area (TPSA) is 128 Å². The fourth-order valence-corrected chi connectivity index (χ4v) is 3.79. The number of aliphatic hydroxyl groups is 1. The first-order chi connectivity index (χ1) is 14.9. The average molecular weight is 422 g/mol. The minimum atomic E-state index is -0.651. The van der Waals surface area contributed by atoms with Crippen LogP contribution in [0.3, 0.4) is 0 Å². The van der Waals surface area contributed by atoms with Gasteiger partial charge in [-0.05, 0) is 41.3 Å². The van der Waals surface area contributed by atoms with Crippen LogP contribution in [0.2, 0.25) is 0 Å². The monoisotopic (exact) mass is 422 g/mol. The molecule has 2 aliphatic heterocycles. The number of nitrogens with zero attached hydrogens (tertiary/aromatic N) is 1. The largest absolute Gasteiger partial charge is 0.392 e. The number of nitrogens with one attached hydrogen (secondary N) is 3. The van der Waals surface area contributed by atoms with Crippen LogP contribution in [-0.4, -0.2) is 39.8 Å². The van der Waals surface area contributed by atoms with Crippen molar-refractivity contribution in [2.24, 2.45) is 0 Å². The lowest BCUT2D eigenvalue weighted by atomic mass is 10.0. The van der Waals surface area contributed by atoms with Crippen LogP contribution < -0.4 is 16.0 Å². The maximum Gasteiger partial charge on any atom is 0.319 e. The number of hydrogen-bond donors (Lipinski definition) is 4. The minimum Gasteiger partial charge on any atom is -0.392 e. The van der Waals surface area contributed by atoms with Crippen molar-refractivity contribution in [2.45, 2.75) is 38.6 Å². The molecule has 0 spiro atoms. The first kappa shape index (κ1) is 20.5. The molecule has 31 heavy (non-hydrogen) atoms. The van der Waals surface area contributed by atoms with Crippen molar-refractivity contribution in [3.8, 4) is 0 Å². The number of rotatable bonds is 5. The van der Waals surface area contributed by atoms with E-state index in [1.54, 1.807) is 36.4 Å². The zero-order valence-corrected chi connectivity index (χ0v) is 16.7. The number of carbonyl (C=O) groups is 4. The Bertz CT molecular complexity index is 1050. The summed E-state index contributed by atoms with van der Waals surface area (Å²) in [5.41, 5.74) is 3.50. The van der Waals surface area contributed by atoms with Gasteiger partial charge >= 0.3 is 6.03 Å². The van der Waals surface area contributed by atoms with E-state index in [9.17, 15) is 19.2 Å². The SMILES string of the molecule is O=C1CCC(N2Cc3cc(CNC(=O)Nc4ccc(CO)cc4)ccc3C2=O)C(=O)N1. The van der Waals surface area contributed by atoms with Gasteiger partial charge in [0.2, 0.25) is 11.8 Å². The van der Waals surface area contributed by atoms with Crippen molar-refractivity contribution in [1.29, 1.82) is 0 Å². The molecule has 1 atom stereocenters. The summed E-state index contributed by atoms with van der Waals surface area (Å²) in [5, 5.41) is 16.8. The summed E-state index contributed by atoms with van der Waals surface area (Å²) in [6.07, 6.45) is 0.530. The molecule has 0 aromatic heterocycles. The number of benzene rings is 2. The van der Waals surface area contributed by atoms with Gasteiger partial charge in [0.05, 0.1) is 6.61 Å².